The third kappa shape index (κ3) is 3.17. The number of piperazine rings is 1. The van der Waals surface area contributed by atoms with E-state index in [1.54, 1.807) is 35.4 Å². The first kappa shape index (κ1) is 18.0. The molecule has 8 heteroatoms. The summed E-state index contributed by atoms with van der Waals surface area (Å²) in [5, 5.41) is 0.485. The van der Waals surface area contributed by atoms with Crippen LogP contribution in [-0.4, -0.2) is 46.5 Å². The van der Waals surface area contributed by atoms with E-state index in [-0.39, 0.29) is 29.5 Å². The van der Waals surface area contributed by atoms with Crippen molar-refractivity contribution in [2.75, 3.05) is 31.1 Å². The minimum Gasteiger partial charge on any atom is -0.451 e. The molecule has 1 aliphatic heterocycles. The van der Waals surface area contributed by atoms with Gasteiger partial charge in [0.1, 0.15) is 5.58 Å². The molecule has 0 radical (unpaired) electrons. The van der Waals surface area contributed by atoms with Crippen LogP contribution >= 0.6 is 12.4 Å². The topological polar surface area (TPSA) is 71.6 Å². The van der Waals surface area contributed by atoms with Crippen molar-refractivity contribution in [1.29, 1.82) is 0 Å². The first-order valence-corrected chi connectivity index (χ1v) is 8.18. The first-order chi connectivity index (χ1) is 12.1. The number of para-hydroxylation sites is 1. The molecule has 1 amide bonds. The van der Waals surface area contributed by atoms with Crippen LogP contribution in [0.3, 0.4) is 0 Å². The number of fused-ring (bicyclic) bond motifs is 1. The van der Waals surface area contributed by atoms with E-state index in [0.717, 1.165) is 5.95 Å². The minimum absolute atomic E-state index is 0. The molecule has 0 spiro atoms. The molecule has 7 nitrogen and oxygen atoms in total. The Balaban J connectivity index is 0.00000196. The number of halogens is 1. The van der Waals surface area contributed by atoms with E-state index in [1.807, 2.05) is 17.8 Å². The van der Waals surface area contributed by atoms with Crippen LogP contribution in [0.1, 0.15) is 10.6 Å². The zero-order valence-electron chi connectivity index (χ0n) is 14.3. The second kappa shape index (κ2) is 7.21. The summed E-state index contributed by atoms with van der Waals surface area (Å²) in [6.45, 7) is 2.49. The highest BCUT2D eigenvalue weighted by atomic mass is 35.5. The monoisotopic (exact) mass is 374 g/mol. The summed E-state index contributed by atoms with van der Waals surface area (Å²) in [5.41, 5.74) is 0.238. The third-order valence-corrected chi connectivity index (χ3v) is 4.49. The number of rotatable bonds is 2. The number of hydrogen-bond acceptors (Lipinski definition) is 5. The fraction of sp³-hybridized carbons (Fsp3) is 0.278. The van der Waals surface area contributed by atoms with Crippen molar-refractivity contribution in [2.45, 2.75) is 0 Å². The lowest BCUT2D eigenvalue weighted by molar-refractivity contribution is 0.0714. The Labute approximate surface area is 156 Å². The maximum atomic E-state index is 12.7. The normalized spacial score (nSPS) is 14.3. The Morgan fingerprint density at radius 3 is 2.58 bits per heavy atom. The van der Waals surface area contributed by atoms with Crippen LogP contribution in [0.2, 0.25) is 0 Å². The van der Waals surface area contributed by atoms with Crippen molar-refractivity contribution in [3.05, 3.63) is 58.7 Å². The maximum absolute atomic E-state index is 12.7. The van der Waals surface area contributed by atoms with Crippen molar-refractivity contribution < 1.29 is 9.21 Å². The van der Waals surface area contributed by atoms with Crippen LogP contribution in [-0.2, 0) is 7.05 Å². The highest BCUT2D eigenvalue weighted by Crippen LogP contribution is 2.16. The lowest BCUT2D eigenvalue weighted by Crippen LogP contribution is -2.49. The average molecular weight is 375 g/mol. The molecule has 3 aromatic rings. The van der Waals surface area contributed by atoms with E-state index in [2.05, 4.69) is 9.88 Å². The molecule has 0 aliphatic carbocycles. The molecule has 4 rings (SSSR count). The van der Waals surface area contributed by atoms with E-state index >= 15 is 0 Å². The van der Waals surface area contributed by atoms with Crippen LogP contribution in [0.4, 0.5) is 5.95 Å². The molecule has 1 aliphatic rings. The summed E-state index contributed by atoms with van der Waals surface area (Å²) in [5.74, 6) is 0.737. The van der Waals surface area contributed by atoms with Gasteiger partial charge in [-0.1, -0.05) is 12.1 Å². The highest BCUT2D eigenvalue weighted by molar-refractivity contribution is 5.93. The predicted molar refractivity (Wildman–Crippen MR) is 101 cm³/mol. The van der Waals surface area contributed by atoms with Crippen molar-refractivity contribution in [3.63, 3.8) is 0 Å². The number of imidazole rings is 1. The molecule has 0 atom stereocenters. The van der Waals surface area contributed by atoms with Gasteiger partial charge in [-0.15, -0.1) is 12.4 Å². The summed E-state index contributed by atoms with van der Waals surface area (Å²) in [4.78, 5) is 33.1. The van der Waals surface area contributed by atoms with Crippen LogP contribution < -0.4 is 10.3 Å². The van der Waals surface area contributed by atoms with Gasteiger partial charge in [-0.3, -0.25) is 9.59 Å². The van der Waals surface area contributed by atoms with Crippen molar-refractivity contribution in [3.8, 4) is 0 Å². The second-order valence-electron chi connectivity index (χ2n) is 6.09. The lowest BCUT2D eigenvalue weighted by Gasteiger charge is -2.34. The van der Waals surface area contributed by atoms with Gasteiger partial charge in [-0.05, 0) is 12.1 Å². The second-order valence-corrected chi connectivity index (χ2v) is 6.09. The van der Waals surface area contributed by atoms with Crippen molar-refractivity contribution in [1.82, 2.24) is 14.5 Å². The Hall–Kier alpha value is -2.80. The fourth-order valence-corrected chi connectivity index (χ4v) is 3.14. The first-order valence-electron chi connectivity index (χ1n) is 8.18. The molecule has 0 saturated carbocycles. The molecular weight excluding hydrogens is 356 g/mol. The van der Waals surface area contributed by atoms with Gasteiger partial charge in [0.05, 0.1) is 5.39 Å². The number of aryl methyl sites for hydroxylation is 1. The quantitative estimate of drug-likeness (QED) is 0.685. The standard InChI is InChI=1S/C18H18N4O3.ClH/c1-20-7-6-19-18(20)22-10-8-21(9-11-22)17(24)16-12-14(23)13-4-2-3-5-15(13)25-16;/h2-7,12H,8-11H2,1H3;1H. The number of carbonyl (C=O) groups excluding carboxylic acids is 1. The van der Waals surface area contributed by atoms with Crippen molar-refractivity contribution >= 4 is 35.2 Å². The number of aromatic nitrogens is 2. The smallest absolute Gasteiger partial charge is 0.289 e. The minimum atomic E-state index is -0.248. The van der Waals surface area contributed by atoms with E-state index < -0.39 is 0 Å². The van der Waals surface area contributed by atoms with E-state index in [4.69, 9.17) is 4.42 Å². The average Bonchev–Trinajstić information content (AvgIpc) is 3.07. The van der Waals surface area contributed by atoms with Gasteiger partial charge < -0.3 is 18.8 Å². The molecule has 0 unspecified atom stereocenters. The van der Waals surface area contributed by atoms with Gasteiger partial charge in [-0.25, -0.2) is 4.98 Å². The van der Waals surface area contributed by atoms with Crippen LogP contribution in [0.15, 0.2) is 51.9 Å². The molecule has 0 N–H and O–H groups in total. The summed E-state index contributed by atoms with van der Waals surface area (Å²) in [6, 6.07) is 8.24. The number of amides is 1. The molecule has 26 heavy (non-hydrogen) atoms. The zero-order chi connectivity index (χ0) is 17.4. The van der Waals surface area contributed by atoms with Gasteiger partial charge in [0.15, 0.2) is 11.2 Å². The number of benzene rings is 1. The van der Waals surface area contributed by atoms with Gasteiger partial charge >= 0.3 is 0 Å². The fourth-order valence-electron chi connectivity index (χ4n) is 3.14. The molecule has 3 heterocycles. The molecule has 1 aromatic carbocycles. The Morgan fingerprint density at radius 2 is 1.88 bits per heavy atom. The zero-order valence-corrected chi connectivity index (χ0v) is 15.1. The lowest BCUT2D eigenvalue weighted by atomic mass is 10.2. The Kier molecular flexibility index (Phi) is 4.99. The summed E-state index contributed by atoms with van der Waals surface area (Å²) < 4.78 is 7.61. The van der Waals surface area contributed by atoms with Crippen LogP contribution in [0.5, 0.6) is 0 Å². The van der Waals surface area contributed by atoms with E-state index in [0.29, 0.717) is 37.1 Å². The Morgan fingerprint density at radius 1 is 1.15 bits per heavy atom. The molecule has 1 saturated heterocycles. The maximum Gasteiger partial charge on any atom is 0.289 e. The third-order valence-electron chi connectivity index (χ3n) is 4.49. The van der Waals surface area contributed by atoms with Crippen LogP contribution in [0, 0.1) is 0 Å². The molecule has 1 fully saturated rings. The van der Waals surface area contributed by atoms with Gasteiger partial charge in [0.25, 0.3) is 5.91 Å². The van der Waals surface area contributed by atoms with Gasteiger partial charge in [-0.2, -0.15) is 0 Å². The number of carbonyl (C=O) groups is 1. The molecule has 0 bridgehead atoms. The number of anilines is 1. The van der Waals surface area contributed by atoms with E-state index in [9.17, 15) is 9.59 Å². The largest absolute Gasteiger partial charge is 0.451 e. The predicted octanol–water partition coefficient (Wildman–Crippen LogP) is 1.91. The van der Waals surface area contributed by atoms with Gasteiger partial charge in [0.2, 0.25) is 5.95 Å². The SMILES string of the molecule is Cl.Cn1ccnc1N1CCN(C(=O)c2cc(=O)c3ccccc3o2)CC1. The highest BCUT2D eigenvalue weighted by Gasteiger charge is 2.25. The molecule has 136 valence electrons. The summed E-state index contributed by atoms with van der Waals surface area (Å²) in [7, 11) is 1.95. The van der Waals surface area contributed by atoms with E-state index in [1.165, 1.54) is 6.07 Å². The molecule has 2 aromatic heterocycles. The molecular formula is C18H19ClN4O3. The number of hydrogen-bond donors (Lipinski definition) is 0. The Bertz CT molecular complexity index is 989. The van der Waals surface area contributed by atoms with Crippen LogP contribution in [0.25, 0.3) is 11.0 Å². The van der Waals surface area contributed by atoms with Gasteiger partial charge in [0, 0.05) is 51.7 Å². The summed E-state index contributed by atoms with van der Waals surface area (Å²) >= 11 is 0. The van der Waals surface area contributed by atoms with Crippen molar-refractivity contribution in [2.24, 2.45) is 7.05 Å². The number of nitrogens with zero attached hydrogens (tertiary/aromatic N) is 4. The summed E-state index contributed by atoms with van der Waals surface area (Å²) in [6.07, 6.45) is 3.66.